The highest BCUT2D eigenvalue weighted by molar-refractivity contribution is 5.95. The number of aryl methyl sites for hydroxylation is 2. The minimum absolute atomic E-state index is 0.302. The molecular formula is C14H19N5O2. The summed E-state index contributed by atoms with van der Waals surface area (Å²) in [7, 11) is 1.87. The number of hydrogen-bond donors (Lipinski definition) is 2. The van der Waals surface area contributed by atoms with Gasteiger partial charge in [-0.1, -0.05) is 0 Å². The van der Waals surface area contributed by atoms with Crippen LogP contribution < -0.4 is 11.1 Å². The zero-order valence-electron chi connectivity index (χ0n) is 12.4. The van der Waals surface area contributed by atoms with Crippen LogP contribution in [0.5, 0.6) is 0 Å². The monoisotopic (exact) mass is 289 g/mol. The molecule has 0 aromatic carbocycles. The van der Waals surface area contributed by atoms with Gasteiger partial charge in [-0.25, -0.2) is 9.78 Å². The van der Waals surface area contributed by atoms with Gasteiger partial charge in [0.15, 0.2) is 0 Å². The van der Waals surface area contributed by atoms with Crippen molar-refractivity contribution >= 4 is 17.5 Å². The highest BCUT2D eigenvalue weighted by atomic mass is 16.5. The van der Waals surface area contributed by atoms with E-state index >= 15 is 0 Å². The molecule has 2 aromatic heterocycles. The number of esters is 1. The second-order valence-corrected chi connectivity index (χ2v) is 4.64. The molecule has 0 aliphatic rings. The lowest BCUT2D eigenvalue weighted by atomic mass is 10.2. The first-order chi connectivity index (χ1) is 10.0. The number of nitrogens with two attached hydrogens (primary N) is 1. The maximum atomic E-state index is 11.8. The molecule has 0 aliphatic heterocycles. The van der Waals surface area contributed by atoms with Gasteiger partial charge in [0.2, 0.25) is 0 Å². The van der Waals surface area contributed by atoms with Gasteiger partial charge in [-0.15, -0.1) is 0 Å². The van der Waals surface area contributed by atoms with Gasteiger partial charge < -0.3 is 15.8 Å². The molecule has 112 valence electrons. The number of rotatable bonds is 5. The van der Waals surface area contributed by atoms with Crippen molar-refractivity contribution in [3.8, 4) is 0 Å². The van der Waals surface area contributed by atoms with Crippen molar-refractivity contribution in [3.05, 3.63) is 35.3 Å². The van der Waals surface area contributed by atoms with E-state index < -0.39 is 5.97 Å². The lowest BCUT2D eigenvalue weighted by Crippen LogP contribution is -2.10. The van der Waals surface area contributed by atoms with Crippen LogP contribution in [-0.2, 0) is 18.3 Å². The maximum absolute atomic E-state index is 11.8. The first kappa shape index (κ1) is 14.8. The molecule has 2 aromatic rings. The fourth-order valence-electron chi connectivity index (χ4n) is 1.96. The van der Waals surface area contributed by atoms with E-state index in [1.807, 2.05) is 20.2 Å². The normalized spacial score (nSPS) is 10.4. The Balaban J connectivity index is 2.12. The summed E-state index contributed by atoms with van der Waals surface area (Å²) in [5.74, 6) is 0.119. The molecule has 7 heteroatoms. The first-order valence-electron chi connectivity index (χ1n) is 6.67. The molecule has 0 fully saturated rings. The van der Waals surface area contributed by atoms with Crippen LogP contribution in [0.15, 0.2) is 18.5 Å². The van der Waals surface area contributed by atoms with E-state index in [0.29, 0.717) is 30.2 Å². The molecule has 0 radical (unpaired) electrons. The Labute approximate surface area is 123 Å². The van der Waals surface area contributed by atoms with Crippen molar-refractivity contribution in [1.82, 2.24) is 14.8 Å². The Morgan fingerprint density at radius 3 is 2.90 bits per heavy atom. The number of anilines is 2. The summed E-state index contributed by atoms with van der Waals surface area (Å²) >= 11 is 0. The number of aromatic nitrogens is 3. The second kappa shape index (κ2) is 6.25. The van der Waals surface area contributed by atoms with Gasteiger partial charge in [-0.05, 0) is 19.9 Å². The van der Waals surface area contributed by atoms with E-state index in [2.05, 4.69) is 15.4 Å². The van der Waals surface area contributed by atoms with E-state index in [1.165, 1.54) is 6.20 Å². The average Bonchev–Trinajstić information content (AvgIpc) is 2.76. The summed E-state index contributed by atoms with van der Waals surface area (Å²) in [5, 5.41) is 7.42. The summed E-state index contributed by atoms with van der Waals surface area (Å²) in [6.45, 7) is 4.56. The molecule has 21 heavy (non-hydrogen) atoms. The largest absolute Gasteiger partial charge is 0.462 e. The molecule has 3 N–H and O–H groups in total. The highest BCUT2D eigenvalue weighted by Crippen LogP contribution is 2.17. The van der Waals surface area contributed by atoms with Crippen molar-refractivity contribution in [3.63, 3.8) is 0 Å². The summed E-state index contributed by atoms with van der Waals surface area (Å²) in [6, 6.07) is 1.60. The van der Waals surface area contributed by atoms with E-state index in [0.717, 1.165) is 11.3 Å². The van der Waals surface area contributed by atoms with Crippen LogP contribution >= 0.6 is 0 Å². The Bertz CT molecular complexity index is 651. The molecule has 0 bridgehead atoms. The van der Waals surface area contributed by atoms with Gasteiger partial charge >= 0.3 is 5.97 Å². The number of carbonyl (C=O) groups is 1. The van der Waals surface area contributed by atoms with Crippen molar-refractivity contribution in [2.75, 3.05) is 17.7 Å². The maximum Gasteiger partial charge on any atom is 0.340 e. The van der Waals surface area contributed by atoms with Crippen molar-refractivity contribution in [2.24, 2.45) is 7.05 Å². The third-order valence-corrected chi connectivity index (χ3v) is 3.01. The molecule has 0 amide bonds. The zero-order chi connectivity index (χ0) is 15.4. The van der Waals surface area contributed by atoms with E-state index in [9.17, 15) is 4.79 Å². The Hall–Kier alpha value is -2.57. The van der Waals surface area contributed by atoms with Gasteiger partial charge in [0.25, 0.3) is 0 Å². The Morgan fingerprint density at radius 2 is 2.29 bits per heavy atom. The van der Waals surface area contributed by atoms with Crippen molar-refractivity contribution in [1.29, 1.82) is 0 Å². The van der Waals surface area contributed by atoms with Gasteiger partial charge in [0.05, 0.1) is 29.7 Å². The molecule has 0 saturated heterocycles. The van der Waals surface area contributed by atoms with Crippen molar-refractivity contribution < 1.29 is 9.53 Å². The summed E-state index contributed by atoms with van der Waals surface area (Å²) < 4.78 is 6.72. The molecule has 0 unspecified atom stereocenters. The van der Waals surface area contributed by atoms with Gasteiger partial charge in [0.1, 0.15) is 5.82 Å². The number of hydrogen-bond acceptors (Lipinski definition) is 6. The summed E-state index contributed by atoms with van der Waals surface area (Å²) in [4.78, 5) is 15.9. The molecule has 0 saturated carbocycles. The van der Waals surface area contributed by atoms with Crippen LogP contribution in [0.3, 0.4) is 0 Å². The number of nitrogens with one attached hydrogen (secondary N) is 1. The lowest BCUT2D eigenvalue weighted by molar-refractivity contribution is 0.0527. The Kier molecular flexibility index (Phi) is 4.42. The minimum atomic E-state index is -0.446. The van der Waals surface area contributed by atoms with Crippen LogP contribution in [0.2, 0.25) is 0 Å². The summed E-state index contributed by atoms with van der Waals surface area (Å²) in [5.41, 5.74) is 8.38. The van der Waals surface area contributed by atoms with Crippen LogP contribution in [0.4, 0.5) is 11.5 Å². The molecule has 2 rings (SSSR count). The standard InChI is InChI=1S/C14H19N5O2/c1-4-21-14(20)11-5-13(17-7-12(11)15)16-6-10-8-19(3)18-9(10)2/h5,7-8H,4,6,15H2,1-3H3,(H,16,17). The molecule has 0 aliphatic carbocycles. The van der Waals surface area contributed by atoms with Crippen LogP contribution in [0.25, 0.3) is 0 Å². The van der Waals surface area contributed by atoms with Crippen LogP contribution in [0, 0.1) is 6.92 Å². The average molecular weight is 289 g/mol. The molecule has 7 nitrogen and oxygen atoms in total. The number of carbonyl (C=O) groups excluding carboxylic acids is 1. The fourth-order valence-corrected chi connectivity index (χ4v) is 1.96. The van der Waals surface area contributed by atoms with E-state index in [-0.39, 0.29) is 0 Å². The molecular weight excluding hydrogens is 270 g/mol. The van der Waals surface area contributed by atoms with Gasteiger partial charge in [-0.2, -0.15) is 5.10 Å². The quantitative estimate of drug-likeness (QED) is 0.810. The van der Waals surface area contributed by atoms with E-state index in [4.69, 9.17) is 10.5 Å². The number of ether oxygens (including phenoxy) is 1. The number of nitrogens with zero attached hydrogens (tertiary/aromatic N) is 3. The summed E-state index contributed by atoms with van der Waals surface area (Å²) in [6.07, 6.45) is 3.39. The highest BCUT2D eigenvalue weighted by Gasteiger charge is 2.12. The Morgan fingerprint density at radius 1 is 1.52 bits per heavy atom. The fraction of sp³-hybridized carbons (Fsp3) is 0.357. The first-order valence-corrected chi connectivity index (χ1v) is 6.67. The SMILES string of the molecule is CCOC(=O)c1cc(NCc2cn(C)nc2C)ncc1N. The molecule has 2 heterocycles. The predicted octanol–water partition coefficient (Wildman–Crippen LogP) is 1.49. The molecule has 0 atom stereocenters. The van der Waals surface area contributed by atoms with Gasteiger partial charge in [0, 0.05) is 25.4 Å². The van der Waals surface area contributed by atoms with E-state index in [1.54, 1.807) is 17.7 Å². The van der Waals surface area contributed by atoms with Crippen molar-refractivity contribution in [2.45, 2.75) is 20.4 Å². The molecule has 0 spiro atoms. The number of nitrogen functional groups attached to an aromatic ring is 1. The number of pyridine rings is 1. The predicted molar refractivity (Wildman–Crippen MR) is 79.9 cm³/mol. The third-order valence-electron chi connectivity index (χ3n) is 3.01. The third kappa shape index (κ3) is 3.50. The smallest absolute Gasteiger partial charge is 0.340 e. The van der Waals surface area contributed by atoms with Crippen LogP contribution in [0.1, 0.15) is 28.5 Å². The zero-order valence-corrected chi connectivity index (χ0v) is 12.4. The lowest BCUT2D eigenvalue weighted by Gasteiger charge is -2.09. The topological polar surface area (TPSA) is 95.1 Å². The second-order valence-electron chi connectivity index (χ2n) is 4.64. The minimum Gasteiger partial charge on any atom is -0.462 e. The van der Waals surface area contributed by atoms with Crippen LogP contribution in [-0.4, -0.2) is 27.3 Å². The van der Waals surface area contributed by atoms with Gasteiger partial charge in [-0.3, -0.25) is 4.68 Å².